The van der Waals surface area contributed by atoms with Crippen LogP contribution in [-0.2, 0) is 11.2 Å². The van der Waals surface area contributed by atoms with Crippen LogP contribution in [0.2, 0.25) is 0 Å². The van der Waals surface area contributed by atoms with Crippen molar-refractivity contribution in [1.82, 2.24) is 0 Å². The van der Waals surface area contributed by atoms with Gasteiger partial charge in [0, 0.05) is 0 Å². The molecule has 2 aromatic rings. The molecule has 2 unspecified atom stereocenters. The van der Waals surface area contributed by atoms with Crippen LogP contribution in [0.1, 0.15) is 68.6 Å². The van der Waals surface area contributed by atoms with Gasteiger partial charge in [0.05, 0.1) is 6.10 Å². The minimum Gasteiger partial charge on any atom is -0.365 e. The first kappa shape index (κ1) is 17.2. The van der Waals surface area contributed by atoms with Gasteiger partial charge in [-0.1, -0.05) is 99.2 Å². The highest BCUT2D eigenvalue weighted by atomic mass is 16.6. The third-order valence-electron chi connectivity index (χ3n) is 5.01. The lowest BCUT2D eigenvalue weighted by atomic mass is 10.0. The highest BCUT2D eigenvalue weighted by Gasteiger charge is 2.38. The van der Waals surface area contributed by atoms with Gasteiger partial charge >= 0.3 is 0 Å². The molecule has 1 fully saturated rings. The maximum atomic E-state index is 5.80. The Balaban J connectivity index is 1.14. The summed E-state index contributed by atoms with van der Waals surface area (Å²) >= 11 is 0. The van der Waals surface area contributed by atoms with Gasteiger partial charge in [-0.05, 0) is 30.4 Å². The minimum absolute atomic E-state index is 0.379. The molecule has 1 aliphatic rings. The van der Waals surface area contributed by atoms with Crippen molar-refractivity contribution in [3.63, 3.8) is 0 Å². The molecule has 2 atom stereocenters. The summed E-state index contributed by atoms with van der Waals surface area (Å²) in [5, 5.41) is 0. The van der Waals surface area contributed by atoms with E-state index in [9.17, 15) is 0 Å². The van der Waals surface area contributed by atoms with Crippen molar-refractivity contribution in [2.24, 2.45) is 0 Å². The monoisotopic (exact) mass is 322 g/mol. The summed E-state index contributed by atoms with van der Waals surface area (Å²) in [6, 6.07) is 21.5. The molecule has 0 spiro atoms. The lowest BCUT2D eigenvalue weighted by molar-refractivity contribution is 0.360. The zero-order valence-corrected chi connectivity index (χ0v) is 14.7. The summed E-state index contributed by atoms with van der Waals surface area (Å²) in [7, 11) is 0. The Bertz CT molecular complexity index is 563. The van der Waals surface area contributed by atoms with Crippen molar-refractivity contribution in [2.45, 2.75) is 70.0 Å². The number of rotatable bonds is 11. The molecule has 0 bridgehead atoms. The van der Waals surface area contributed by atoms with E-state index in [1.807, 2.05) is 0 Å². The highest BCUT2D eigenvalue weighted by Crippen LogP contribution is 2.41. The molecule has 0 N–H and O–H groups in total. The number of epoxide rings is 1. The van der Waals surface area contributed by atoms with Gasteiger partial charge in [-0.15, -0.1) is 0 Å². The zero-order valence-electron chi connectivity index (χ0n) is 14.7. The van der Waals surface area contributed by atoms with Crippen LogP contribution in [0.3, 0.4) is 0 Å². The van der Waals surface area contributed by atoms with Crippen molar-refractivity contribution in [3.05, 3.63) is 71.8 Å². The summed E-state index contributed by atoms with van der Waals surface area (Å²) in [5.74, 6) is 0. The zero-order chi connectivity index (χ0) is 16.5. The maximum Gasteiger partial charge on any atom is 0.109 e. The average Bonchev–Trinajstić information content (AvgIpc) is 3.41. The van der Waals surface area contributed by atoms with E-state index in [2.05, 4.69) is 60.7 Å². The number of aryl methyl sites for hydroxylation is 1. The Morgan fingerprint density at radius 3 is 1.92 bits per heavy atom. The molecule has 1 aliphatic heterocycles. The summed E-state index contributed by atoms with van der Waals surface area (Å²) in [5.41, 5.74) is 2.83. The van der Waals surface area contributed by atoms with Crippen molar-refractivity contribution < 1.29 is 4.74 Å². The average molecular weight is 322 g/mol. The molecule has 3 rings (SSSR count). The van der Waals surface area contributed by atoms with Crippen molar-refractivity contribution >= 4 is 0 Å². The predicted molar refractivity (Wildman–Crippen MR) is 101 cm³/mol. The van der Waals surface area contributed by atoms with Gasteiger partial charge in [-0.25, -0.2) is 0 Å². The Kier molecular flexibility index (Phi) is 6.92. The molecule has 0 radical (unpaired) electrons. The first-order valence-electron chi connectivity index (χ1n) is 9.68. The largest absolute Gasteiger partial charge is 0.365 e. The second-order valence-electron chi connectivity index (χ2n) is 7.00. The summed E-state index contributed by atoms with van der Waals surface area (Å²) in [6.45, 7) is 0. The van der Waals surface area contributed by atoms with Gasteiger partial charge in [0.2, 0.25) is 0 Å². The van der Waals surface area contributed by atoms with Crippen LogP contribution in [0.15, 0.2) is 60.7 Å². The molecule has 128 valence electrons. The van der Waals surface area contributed by atoms with E-state index >= 15 is 0 Å². The highest BCUT2D eigenvalue weighted by molar-refractivity contribution is 5.22. The lowest BCUT2D eigenvalue weighted by Crippen LogP contribution is -1.90. The minimum atomic E-state index is 0.379. The van der Waals surface area contributed by atoms with E-state index in [1.54, 1.807) is 0 Å². The molecule has 1 saturated heterocycles. The van der Waals surface area contributed by atoms with Crippen LogP contribution in [0, 0.1) is 0 Å². The number of benzene rings is 2. The van der Waals surface area contributed by atoms with Crippen LogP contribution >= 0.6 is 0 Å². The van der Waals surface area contributed by atoms with Gasteiger partial charge in [-0.3, -0.25) is 0 Å². The smallest absolute Gasteiger partial charge is 0.109 e. The summed E-state index contributed by atoms with van der Waals surface area (Å²) < 4.78 is 5.80. The fraction of sp³-hybridized carbons (Fsp3) is 0.478. The molecule has 1 nitrogen and oxygen atoms in total. The topological polar surface area (TPSA) is 12.5 Å². The summed E-state index contributed by atoms with van der Waals surface area (Å²) in [6.07, 6.45) is 12.9. The summed E-state index contributed by atoms with van der Waals surface area (Å²) in [4.78, 5) is 0. The van der Waals surface area contributed by atoms with Gasteiger partial charge < -0.3 is 4.74 Å². The number of unbranched alkanes of at least 4 members (excludes halogenated alkanes) is 6. The first-order chi connectivity index (χ1) is 11.9. The Labute approximate surface area is 147 Å². The fourth-order valence-corrected chi connectivity index (χ4v) is 3.50. The molecule has 24 heavy (non-hydrogen) atoms. The predicted octanol–water partition coefficient (Wildman–Crippen LogP) is 6.49. The van der Waals surface area contributed by atoms with Crippen LogP contribution < -0.4 is 0 Å². The number of ether oxygens (including phenoxy) is 1. The van der Waals surface area contributed by atoms with Gasteiger partial charge in [0.1, 0.15) is 6.10 Å². The van der Waals surface area contributed by atoms with E-state index in [1.165, 1.54) is 68.9 Å². The molecule has 1 heterocycles. The van der Waals surface area contributed by atoms with Crippen LogP contribution in [0.25, 0.3) is 0 Å². The molecule has 0 aromatic heterocycles. The second-order valence-corrected chi connectivity index (χ2v) is 7.00. The van der Waals surface area contributed by atoms with Crippen molar-refractivity contribution in [2.75, 3.05) is 0 Å². The standard InChI is InChI=1S/C23H30O/c1(2-4-8-14-20-15-9-6-10-16-20)3-5-13-19-22-23(24-22)21-17-11-7-12-18-21/h6-7,9-12,15-18,22-23H,1-5,8,13-14,19H2. The molecule has 0 aliphatic carbocycles. The molecule has 2 aromatic carbocycles. The first-order valence-corrected chi connectivity index (χ1v) is 9.68. The van der Waals surface area contributed by atoms with E-state index in [4.69, 9.17) is 4.74 Å². The van der Waals surface area contributed by atoms with E-state index in [0.29, 0.717) is 12.2 Å². The molecular weight excluding hydrogens is 292 g/mol. The normalized spacial score (nSPS) is 19.3. The third-order valence-corrected chi connectivity index (χ3v) is 5.01. The molecular formula is C23H30O. The second kappa shape index (κ2) is 9.64. The van der Waals surface area contributed by atoms with Gasteiger partial charge in [0.15, 0.2) is 0 Å². The molecule has 0 saturated carbocycles. The van der Waals surface area contributed by atoms with Crippen LogP contribution in [-0.4, -0.2) is 6.10 Å². The fourth-order valence-electron chi connectivity index (χ4n) is 3.50. The van der Waals surface area contributed by atoms with E-state index in [-0.39, 0.29) is 0 Å². The SMILES string of the molecule is c1ccc(CCCCCCCCCC2OC2c2ccccc2)cc1. The molecule has 1 heteroatoms. The van der Waals surface area contributed by atoms with Gasteiger partial charge in [-0.2, -0.15) is 0 Å². The van der Waals surface area contributed by atoms with E-state index < -0.39 is 0 Å². The van der Waals surface area contributed by atoms with Crippen molar-refractivity contribution in [1.29, 1.82) is 0 Å². The van der Waals surface area contributed by atoms with Crippen molar-refractivity contribution in [3.8, 4) is 0 Å². The lowest BCUT2D eigenvalue weighted by Gasteiger charge is -2.02. The number of hydrogen-bond acceptors (Lipinski definition) is 1. The van der Waals surface area contributed by atoms with Gasteiger partial charge in [0.25, 0.3) is 0 Å². The van der Waals surface area contributed by atoms with Crippen LogP contribution in [0.4, 0.5) is 0 Å². The third kappa shape index (κ3) is 5.79. The Morgan fingerprint density at radius 2 is 1.21 bits per heavy atom. The Morgan fingerprint density at radius 1 is 0.625 bits per heavy atom. The molecule has 0 amide bonds. The maximum absolute atomic E-state index is 5.80. The Hall–Kier alpha value is -1.60. The number of hydrogen-bond donors (Lipinski definition) is 0. The van der Waals surface area contributed by atoms with E-state index in [0.717, 1.165) is 0 Å². The van der Waals surface area contributed by atoms with Crippen LogP contribution in [0.5, 0.6) is 0 Å². The quantitative estimate of drug-likeness (QED) is 0.340.